The van der Waals surface area contributed by atoms with Crippen molar-refractivity contribution in [2.45, 2.75) is 33.7 Å². The summed E-state index contributed by atoms with van der Waals surface area (Å²) in [5.41, 5.74) is 3.09. The van der Waals surface area contributed by atoms with Gasteiger partial charge in [-0.3, -0.25) is 9.59 Å². The first-order valence-corrected chi connectivity index (χ1v) is 10.2. The van der Waals surface area contributed by atoms with Crippen LogP contribution in [-0.2, 0) is 11.3 Å². The largest absolute Gasteiger partial charge is 0.377 e. The summed E-state index contributed by atoms with van der Waals surface area (Å²) in [5.74, 6) is 0.230. The molecule has 0 heterocycles. The fraction of sp³-hybridized carbons (Fsp3) is 0.391. The molecule has 0 bridgehead atoms. The highest BCUT2D eigenvalue weighted by molar-refractivity contribution is 6.34. The average Bonchev–Trinajstić information content (AvgIpc) is 2.66. The van der Waals surface area contributed by atoms with Gasteiger partial charge in [0, 0.05) is 45.0 Å². The summed E-state index contributed by atoms with van der Waals surface area (Å²) in [6.07, 6.45) is 0.465. The maximum absolute atomic E-state index is 12.6. The number of nitrogens with one attached hydrogen (secondary N) is 1. The van der Waals surface area contributed by atoms with Crippen LogP contribution in [0.15, 0.2) is 42.5 Å². The Kier molecular flexibility index (Phi) is 8.09. The fourth-order valence-corrected chi connectivity index (χ4v) is 3.42. The van der Waals surface area contributed by atoms with Crippen LogP contribution < -0.4 is 10.2 Å². The van der Waals surface area contributed by atoms with Crippen LogP contribution in [-0.4, -0.2) is 37.4 Å². The van der Waals surface area contributed by atoms with E-state index in [4.69, 9.17) is 11.6 Å². The number of benzene rings is 2. The Labute approximate surface area is 178 Å². The zero-order valence-corrected chi connectivity index (χ0v) is 18.6. The van der Waals surface area contributed by atoms with Crippen molar-refractivity contribution in [3.8, 4) is 0 Å². The van der Waals surface area contributed by atoms with Crippen LogP contribution in [0, 0.1) is 5.92 Å². The predicted octanol–water partition coefficient (Wildman–Crippen LogP) is 5.05. The van der Waals surface area contributed by atoms with E-state index in [0.717, 1.165) is 11.3 Å². The van der Waals surface area contributed by atoms with Gasteiger partial charge in [-0.05, 0) is 41.8 Å². The standard InChI is InChI=1S/C23H30ClN3O2/c1-6-22(28)27(14-16(2)3)15-17-13-18(11-12-21(17)26(4)5)25-23(29)19-9-7-8-10-20(19)24/h7-13,16H,6,14-15H2,1-5H3,(H,25,29). The van der Waals surface area contributed by atoms with Gasteiger partial charge >= 0.3 is 0 Å². The van der Waals surface area contributed by atoms with E-state index in [1.165, 1.54) is 0 Å². The first-order valence-electron chi connectivity index (χ1n) is 9.86. The number of hydrogen-bond donors (Lipinski definition) is 1. The third-order valence-corrected chi connectivity index (χ3v) is 4.87. The molecule has 0 aliphatic rings. The Bertz CT molecular complexity index is 865. The number of nitrogens with zero attached hydrogens (tertiary/aromatic N) is 2. The second-order valence-corrected chi connectivity index (χ2v) is 8.10. The Morgan fingerprint density at radius 3 is 2.38 bits per heavy atom. The highest BCUT2D eigenvalue weighted by atomic mass is 35.5. The maximum atomic E-state index is 12.6. The Balaban J connectivity index is 2.32. The van der Waals surface area contributed by atoms with Crippen LogP contribution in [0.25, 0.3) is 0 Å². The number of carbonyl (C=O) groups excluding carboxylic acids is 2. The lowest BCUT2D eigenvalue weighted by Gasteiger charge is -2.27. The van der Waals surface area contributed by atoms with Crippen molar-refractivity contribution in [3.05, 3.63) is 58.6 Å². The van der Waals surface area contributed by atoms with Crippen molar-refractivity contribution in [2.75, 3.05) is 30.9 Å². The minimum absolute atomic E-state index is 0.119. The fourth-order valence-electron chi connectivity index (χ4n) is 3.19. The van der Waals surface area contributed by atoms with E-state index < -0.39 is 0 Å². The molecule has 0 saturated carbocycles. The number of hydrogen-bond acceptors (Lipinski definition) is 3. The number of carbonyl (C=O) groups is 2. The van der Waals surface area contributed by atoms with Crippen LogP contribution in [0.2, 0.25) is 5.02 Å². The summed E-state index contributed by atoms with van der Waals surface area (Å²) in [6, 6.07) is 12.7. The molecule has 1 N–H and O–H groups in total. The lowest BCUT2D eigenvalue weighted by molar-refractivity contribution is -0.132. The van der Waals surface area contributed by atoms with Crippen molar-refractivity contribution in [2.24, 2.45) is 5.92 Å². The Morgan fingerprint density at radius 1 is 1.10 bits per heavy atom. The zero-order valence-electron chi connectivity index (χ0n) is 17.8. The molecule has 0 saturated heterocycles. The van der Waals surface area contributed by atoms with E-state index in [2.05, 4.69) is 19.2 Å². The highest BCUT2D eigenvalue weighted by Gasteiger charge is 2.17. The van der Waals surface area contributed by atoms with E-state index >= 15 is 0 Å². The molecule has 0 radical (unpaired) electrons. The molecule has 156 valence electrons. The molecule has 0 aromatic heterocycles. The first kappa shape index (κ1) is 22.8. The number of rotatable bonds is 8. The van der Waals surface area contributed by atoms with Gasteiger partial charge in [0.25, 0.3) is 5.91 Å². The van der Waals surface area contributed by atoms with Crippen LogP contribution in [0.3, 0.4) is 0 Å². The topological polar surface area (TPSA) is 52.7 Å². The lowest BCUT2D eigenvalue weighted by Crippen LogP contribution is -2.33. The van der Waals surface area contributed by atoms with Crippen LogP contribution in [0.4, 0.5) is 11.4 Å². The van der Waals surface area contributed by atoms with Gasteiger partial charge in [0.1, 0.15) is 0 Å². The van der Waals surface area contributed by atoms with Crippen LogP contribution >= 0.6 is 11.6 Å². The third kappa shape index (κ3) is 6.23. The molecule has 6 heteroatoms. The first-order chi connectivity index (χ1) is 13.7. The minimum atomic E-state index is -0.261. The molecule has 0 fully saturated rings. The van der Waals surface area contributed by atoms with Gasteiger partial charge in [-0.1, -0.05) is 44.5 Å². The molecular formula is C23H30ClN3O2. The molecule has 2 aromatic carbocycles. The smallest absolute Gasteiger partial charge is 0.257 e. The van der Waals surface area contributed by atoms with Crippen molar-refractivity contribution in [1.82, 2.24) is 4.90 Å². The van der Waals surface area contributed by atoms with Crippen LogP contribution in [0.5, 0.6) is 0 Å². The molecule has 0 aliphatic heterocycles. The van der Waals surface area contributed by atoms with Crippen molar-refractivity contribution < 1.29 is 9.59 Å². The molecule has 0 atom stereocenters. The summed E-state index contributed by atoms with van der Waals surface area (Å²) >= 11 is 6.14. The highest BCUT2D eigenvalue weighted by Crippen LogP contribution is 2.26. The SMILES string of the molecule is CCC(=O)N(Cc1cc(NC(=O)c2ccccc2Cl)ccc1N(C)C)CC(C)C. The average molecular weight is 416 g/mol. The number of amides is 2. The Hall–Kier alpha value is -2.53. The van der Waals surface area contributed by atoms with Gasteiger partial charge < -0.3 is 15.1 Å². The van der Waals surface area contributed by atoms with Gasteiger partial charge in [0.2, 0.25) is 5.91 Å². The number of halogens is 1. The Morgan fingerprint density at radius 2 is 1.79 bits per heavy atom. The van der Waals surface area contributed by atoms with Crippen molar-refractivity contribution in [3.63, 3.8) is 0 Å². The van der Waals surface area contributed by atoms with E-state index in [1.54, 1.807) is 24.3 Å². The molecular weight excluding hydrogens is 386 g/mol. The summed E-state index contributed by atoms with van der Waals surface area (Å²) in [5, 5.41) is 3.33. The molecule has 0 spiro atoms. The second kappa shape index (κ2) is 10.3. The quantitative estimate of drug-likeness (QED) is 0.656. The van der Waals surface area contributed by atoms with E-state index in [0.29, 0.717) is 41.7 Å². The summed E-state index contributed by atoms with van der Waals surface area (Å²) in [6.45, 7) is 7.26. The van der Waals surface area contributed by atoms with E-state index in [9.17, 15) is 9.59 Å². The van der Waals surface area contributed by atoms with Gasteiger partial charge in [0.15, 0.2) is 0 Å². The number of anilines is 2. The van der Waals surface area contributed by atoms with Crippen molar-refractivity contribution >= 4 is 34.8 Å². The molecule has 29 heavy (non-hydrogen) atoms. The summed E-state index contributed by atoms with van der Waals surface area (Å²) in [7, 11) is 3.94. The normalized spacial score (nSPS) is 10.7. The molecule has 5 nitrogen and oxygen atoms in total. The zero-order chi connectivity index (χ0) is 21.6. The second-order valence-electron chi connectivity index (χ2n) is 7.69. The van der Waals surface area contributed by atoms with Gasteiger partial charge in [-0.15, -0.1) is 0 Å². The monoisotopic (exact) mass is 415 g/mol. The van der Waals surface area contributed by atoms with Gasteiger partial charge in [-0.25, -0.2) is 0 Å². The van der Waals surface area contributed by atoms with Crippen LogP contribution in [0.1, 0.15) is 43.1 Å². The van der Waals surface area contributed by atoms with Gasteiger partial charge in [-0.2, -0.15) is 0 Å². The van der Waals surface area contributed by atoms with Gasteiger partial charge in [0.05, 0.1) is 10.6 Å². The predicted molar refractivity (Wildman–Crippen MR) is 121 cm³/mol. The minimum Gasteiger partial charge on any atom is -0.377 e. The molecule has 0 aliphatic carbocycles. The molecule has 2 aromatic rings. The van der Waals surface area contributed by atoms with E-state index in [-0.39, 0.29) is 11.8 Å². The maximum Gasteiger partial charge on any atom is 0.257 e. The molecule has 0 unspecified atom stereocenters. The molecule has 2 amide bonds. The van der Waals surface area contributed by atoms with Crippen molar-refractivity contribution in [1.29, 1.82) is 0 Å². The third-order valence-electron chi connectivity index (χ3n) is 4.54. The van der Waals surface area contributed by atoms with E-state index in [1.807, 2.05) is 49.0 Å². The lowest BCUT2D eigenvalue weighted by atomic mass is 10.1. The summed E-state index contributed by atoms with van der Waals surface area (Å²) < 4.78 is 0. The molecule has 2 rings (SSSR count). The summed E-state index contributed by atoms with van der Waals surface area (Å²) in [4.78, 5) is 29.0.